The number of carbonyl (C=O) groups is 2. The van der Waals surface area contributed by atoms with Crippen LogP contribution in [0.15, 0.2) is 45.7 Å². The van der Waals surface area contributed by atoms with Gasteiger partial charge in [-0.05, 0) is 56.7 Å². The number of hydrogen-bond acceptors (Lipinski definition) is 7. The molecule has 0 unspecified atom stereocenters. The van der Waals surface area contributed by atoms with Crippen LogP contribution in [-0.4, -0.2) is 51.9 Å². The van der Waals surface area contributed by atoms with Gasteiger partial charge >= 0.3 is 5.97 Å². The first-order valence-electron chi connectivity index (χ1n) is 10.2. The van der Waals surface area contributed by atoms with E-state index in [9.17, 15) is 18.0 Å². The number of hydrogen-bond donors (Lipinski definition) is 1. The first-order chi connectivity index (χ1) is 15.5. The van der Waals surface area contributed by atoms with Crippen molar-refractivity contribution in [3.8, 4) is 5.75 Å². The summed E-state index contributed by atoms with van der Waals surface area (Å²) in [5.41, 5.74) is 1.89. The molecule has 9 nitrogen and oxygen atoms in total. The number of sulfonamides is 1. The normalized spacial score (nSPS) is 11.6. The molecule has 33 heavy (non-hydrogen) atoms. The second-order valence-corrected chi connectivity index (χ2v) is 9.66. The summed E-state index contributed by atoms with van der Waals surface area (Å²) in [7, 11) is -0.821. The van der Waals surface area contributed by atoms with E-state index in [1.54, 1.807) is 44.2 Å². The molecule has 176 valence electrons. The predicted molar refractivity (Wildman–Crippen MR) is 123 cm³/mol. The number of carbonyl (C=O) groups excluding carboxylic acids is 2. The Balaban J connectivity index is 1.69. The lowest BCUT2D eigenvalue weighted by Crippen LogP contribution is -2.24. The van der Waals surface area contributed by atoms with Gasteiger partial charge in [0.05, 0.1) is 11.5 Å². The van der Waals surface area contributed by atoms with Crippen LogP contribution in [0.25, 0.3) is 11.0 Å². The molecule has 0 saturated heterocycles. The molecule has 0 aliphatic carbocycles. The monoisotopic (exact) mass is 474 g/mol. The van der Waals surface area contributed by atoms with E-state index >= 15 is 0 Å². The minimum absolute atomic E-state index is 0.00106. The molecule has 0 aliphatic heterocycles. The number of anilines is 1. The van der Waals surface area contributed by atoms with Crippen LogP contribution in [0.4, 0.5) is 5.69 Å². The number of furan rings is 1. The lowest BCUT2D eigenvalue weighted by Gasteiger charge is -2.15. The summed E-state index contributed by atoms with van der Waals surface area (Å²) in [4.78, 5) is 24.9. The lowest BCUT2D eigenvalue weighted by molar-refractivity contribution is -0.119. The number of aryl methyl sites for hydroxylation is 2. The Bertz CT molecular complexity index is 1310. The summed E-state index contributed by atoms with van der Waals surface area (Å²) in [5.74, 6) is -0.743. The molecule has 3 rings (SSSR count). The first kappa shape index (κ1) is 24.3. The van der Waals surface area contributed by atoms with E-state index in [4.69, 9.17) is 13.9 Å². The van der Waals surface area contributed by atoms with Crippen molar-refractivity contribution in [1.29, 1.82) is 0 Å². The molecule has 0 aliphatic rings. The molecule has 0 fully saturated rings. The third-order valence-corrected chi connectivity index (χ3v) is 6.93. The number of fused-ring (bicyclic) bond motifs is 1. The second-order valence-electron chi connectivity index (χ2n) is 7.54. The van der Waals surface area contributed by atoms with Crippen LogP contribution in [0.2, 0.25) is 0 Å². The zero-order valence-electron chi connectivity index (χ0n) is 19.1. The third-order valence-electron chi connectivity index (χ3n) is 4.97. The number of ether oxygens (including phenoxy) is 2. The van der Waals surface area contributed by atoms with E-state index in [1.165, 1.54) is 20.2 Å². The van der Waals surface area contributed by atoms with Crippen molar-refractivity contribution in [2.75, 3.05) is 32.6 Å². The van der Waals surface area contributed by atoms with Crippen molar-refractivity contribution >= 4 is 38.6 Å². The molecule has 1 amide bonds. The molecule has 1 aromatic heterocycles. The first-order valence-corrected chi connectivity index (χ1v) is 11.6. The Morgan fingerprint density at radius 3 is 2.48 bits per heavy atom. The molecule has 3 aromatic rings. The van der Waals surface area contributed by atoms with Gasteiger partial charge in [0.2, 0.25) is 15.8 Å². The maximum Gasteiger partial charge on any atom is 0.375 e. The number of esters is 1. The molecule has 0 radical (unpaired) electrons. The van der Waals surface area contributed by atoms with E-state index in [0.717, 1.165) is 4.31 Å². The lowest BCUT2D eigenvalue weighted by atomic mass is 10.1. The van der Waals surface area contributed by atoms with Crippen LogP contribution in [0.3, 0.4) is 0 Å². The van der Waals surface area contributed by atoms with Crippen LogP contribution in [0.5, 0.6) is 5.75 Å². The van der Waals surface area contributed by atoms with E-state index in [-0.39, 0.29) is 16.3 Å². The van der Waals surface area contributed by atoms with Gasteiger partial charge in [0.1, 0.15) is 11.3 Å². The van der Waals surface area contributed by atoms with Crippen LogP contribution in [-0.2, 0) is 19.6 Å². The van der Waals surface area contributed by atoms with Crippen LogP contribution in [0, 0.1) is 13.8 Å². The predicted octanol–water partition coefficient (Wildman–Crippen LogP) is 3.49. The van der Waals surface area contributed by atoms with Crippen molar-refractivity contribution in [2.45, 2.75) is 25.7 Å². The van der Waals surface area contributed by atoms with Gasteiger partial charge < -0.3 is 19.2 Å². The highest BCUT2D eigenvalue weighted by molar-refractivity contribution is 7.89. The Hall–Kier alpha value is -3.37. The summed E-state index contributed by atoms with van der Waals surface area (Å²) in [6, 6.07) is 9.74. The number of nitrogens with one attached hydrogen (secondary N) is 1. The maximum absolute atomic E-state index is 12.5. The number of rotatable bonds is 8. The van der Waals surface area contributed by atoms with Gasteiger partial charge in [-0.3, -0.25) is 4.79 Å². The topological polar surface area (TPSA) is 115 Å². The zero-order chi connectivity index (χ0) is 24.3. The Morgan fingerprint density at radius 2 is 1.82 bits per heavy atom. The molecule has 0 saturated carbocycles. The van der Waals surface area contributed by atoms with E-state index in [1.807, 2.05) is 6.92 Å². The summed E-state index contributed by atoms with van der Waals surface area (Å²) in [6.07, 6.45) is 0. The van der Waals surface area contributed by atoms with Crippen LogP contribution < -0.4 is 10.1 Å². The Kier molecular flexibility index (Phi) is 7.09. The summed E-state index contributed by atoms with van der Waals surface area (Å²) >= 11 is 0. The number of nitrogens with zero attached hydrogens (tertiary/aromatic N) is 1. The fourth-order valence-corrected chi connectivity index (χ4v) is 4.34. The average molecular weight is 475 g/mol. The van der Waals surface area contributed by atoms with Gasteiger partial charge in [-0.2, -0.15) is 0 Å². The highest BCUT2D eigenvalue weighted by atomic mass is 32.2. The van der Waals surface area contributed by atoms with E-state index in [0.29, 0.717) is 34.5 Å². The molecule has 1 heterocycles. The van der Waals surface area contributed by atoms with Crippen molar-refractivity contribution in [3.05, 3.63) is 53.3 Å². The maximum atomic E-state index is 12.5. The summed E-state index contributed by atoms with van der Waals surface area (Å²) in [6.45, 7) is 5.20. The van der Waals surface area contributed by atoms with Crippen LogP contribution in [0.1, 0.15) is 28.6 Å². The van der Waals surface area contributed by atoms with Crippen molar-refractivity contribution in [2.24, 2.45) is 0 Å². The number of benzene rings is 2. The second kappa shape index (κ2) is 9.63. The van der Waals surface area contributed by atoms with Gasteiger partial charge in [0.25, 0.3) is 5.91 Å². The molecule has 0 bridgehead atoms. The Labute approximate surface area is 192 Å². The fourth-order valence-electron chi connectivity index (χ4n) is 3.20. The quantitative estimate of drug-likeness (QED) is 0.497. The molecule has 0 spiro atoms. The average Bonchev–Trinajstić information content (AvgIpc) is 3.09. The summed E-state index contributed by atoms with van der Waals surface area (Å²) < 4.78 is 42.2. The van der Waals surface area contributed by atoms with Gasteiger partial charge in [-0.25, -0.2) is 17.5 Å². The SMILES string of the molecule is CCOc1ccc2oc(C(=O)OCC(=O)Nc3ccc(C)c(S(=O)(=O)N(C)C)c3)c(C)c2c1. The molecule has 10 heteroatoms. The van der Waals surface area contributed by atoms with Gasteiger partial charge in [-0.1, -0.05) is 6.07 Å². The molecule has 1 N–H and O–H groups in total. The van der Waals surface area contributed by atoms with E-state index < -0.39 is 28.5 Å². The smallest absolute Gasteiger partial charge is 0.375 e. The van der Waals surface area contributed by atoms with Gasteiger partial charge in [-0.15, -0.1) is 0 Å². The minimum atomic E-state index is -3.68. The molecule has 2 aromatic carbocycles. The largest absolute Gasteiger partial charge is 0.494 e. The van der Waals surface area contributed by atoms with E-state index in [2.05, 4.69) is 5.32 Å². The highest BCUT2D eigenvalue weighted by Gasteiger charge is 2.22. The van der Waals surface area contributed by atoms with Crippen molar-refractivity contribution in [1.82, 2.24) is 4.31 Å². The standard InChI is InChI=1S/C23H26N2O7S/c1-6-30-17-9-10-19-18(12-17)15(3)22(32-19)23(27)31-13-21(26)24-16-8-7-14(2)20(11-16)33(28,29)25(4)5/h7-12H,6,13H2,1-5H3,(H,24,26). The Morgan fingerprint density at radius 1 is 1.09 bits per heavy atom. The van der Waals surface area contributed by atoms with Gasteiger partial charge in [0, 0.05) is 30.7 Å². The van der Waals surface area contributed by atoms with Crippen molar-refractivity contribution in [3.63, 3.8) is 0 Å². The fraction of sp³-hybridized carbons (Fsp3) is 0.304. The molecule has 0 atom stereocenters. The minimum Gasteiger partial charge on any atom is -0.494 e. The number of amides is 1. The zero-order valence-corrected chi connectivity index (χ0v) is 19.9. The van der Waals surface area contributed by atoms with Crippen LogP contribution >= 0.6 is 0 Å². The van der Waals surface area contributed by atoms with Gasteiger partial charge in [0.15, 0.2) is 6.61 Å². The molecular formula is C23H26N2O7S. The highest BCUT2D eigenvalue weighted by Crippen LogP contribution is 2.29. The molecular weight excluding hydrogens is 448 g/mol. The van der Waals surface area contributed by atoms with Crippen molar-refractivity contribution < 1.29 is 31.9 Å². The summed E-state index contributed by atoms with van der Waals surface area (Å²) in [5, 5.41) is 3.26. The third kappa shape index (κ3) is 5.18.